The Morgan fingerprint density at radius 2 is 1.73 bits per heavy atom. The van der Waals surface area contributed by atoms with Gasteiger partial charge in [0.05, 0.1) is 19.8 Å². The second-order valence-corrected chi connectivity index (χ2v) is 6.66. The number of urea groups is 1. The van der Waals surface area contributed by atoms with E-state index in [0.29, 0.717) is 63.7 Å². The van der Waals surface area contributed by atoms with Gasteiger partial charge in [0.2, 0.25) is 5.91 Å². The molecule has 142 valence electrons. The summed E-state index contributed by atoms with van der Waals surface area (Å²) < 4.78 is 18.8. The van der Waals surface area contributed by atoms with E-state index in [4.69, 9.17) is 4.74 Å². The summed E-state index contributed by atoms with van der Waals surface area (Å²) in [7, 11) is 0. The molecule has 3 rings (SSSR count). The average Bonchev–Trinajstić information content (AvgIpc) is 2.65. The minimum Gasteiger partial charge on any atom is -0.378 e. The first-order chi connectivity index (χ1) is 12.5. The van der Waals surface area contributed by atoms with Crippen molar-refractivity contribution < 1.29 is 18.7 Å². The fourth-order valence-corrected chi connectivity index (χ4v) is 3.13. The van der Waals surface area contributed by atoms with Crippen LogP contribution in [0.1, 0.15) is 5.56 Å². The van der Waals surface area contributed by atoms with Gasteiger partial charge in [0.15, 0.2) is 0 Å². The number of morpholine rings is 1. The highest BCUT2D eigenvalue weighted by Crippen LogP contribution is 2.14. The van der Waals surface area contributed by atoms with Gasteiger partial charge < -0.3 is 19.9 Å². The van der Waals surface area contributed by atoms with E-state index in [-0.39, 0.29) is 24.3 Å². The summed E-state index contributed by atoms with van der Waals surface area (Å²) in [4.78, 5) is 30.3. The standard InChI is InChI=1S/C18H25FN4O3/c1-14-2-3-15(12-16(14)19)20-17(24)13-21-4-6-22(7-5-21)18(25)23-8-10-26-11-9-23/h2-3,12H,4-11,13H2,1H3,(H,20,24). The summed E-state index contributed by atoms with van der Waals surface area (Å²) >= 11 is 0. The van der Waals surface area contributed by atoms with Crippen molar-refractivity contribution in [3.05, 3.63) is 29.6 Å². The number of hydrogen-bond acceptors (Lipinski definition) is 4. The third-order valence-electron chi connectivity index (χ3n) is 4.75. The van der Waals surface area contributed by atoms with E-state index < -0.39 is 0 Å². The fourth-order valence-electron chi connectivity index (χ4n) is 3.13. The lowest BCUT2D eigenvalue weighted by Crippen LogP contribution is -2.55. The molecule has 2 fully saturated rings. The molecule has 1 aromatic rings. The molecule has 0 aliphatic carbocycles. The second kappa shape index (κ2) is 8.46. The number of aryl methyl sites for hydroxylation is 1. The van der Waals surface area contributed by atoms with Gasteiger partial charge in [-0.2, -0.15) is 0 Å². The van der Waals surface area contributed by atoms with E-state index in [1.807, 2.05) is 14.7 Å². The van der Waals surface area contributed by atoms with Gasteiger partial charge in [0, 0.05) is 45.0 Å². The number of halogens is 1. The monoisotopic (exact) mass is 364 g/mol. The van der Waals surface area contributed by atoms with E-state index >= 15 is 0 Å². The first-order valence-corrected chi connectivity index (χ1v) is 8.93. The van der Waals surface area contributed by atoms with Gasteiger partial charge in [-0.05, 0) is 24.6 Å². The Bertz CT molecular complexity index is 656. The molecule has 2 saturated heterocycles. The number of rotatable bonds is 3. The van der Waals surface area contributed by atoms with Crippen LogP contribution >= 0.6 is 0 Å². The zero-order valence-corrected chi connectivity index (χ0v) is 15.0. The minimum absolute atomic E-state index is 0.0486. The van der Waals surface area contributed by atoms with Crippen LogP contribution in [0.2, 0.25) is 0 Å². The SMILES string of the molecule is Cc1ccc(NC(=O)CN2CCN(C(=O)N3CCOCC3)CC2)cc1F. The molecule has 3 amide bonds. The minimum atomic E-state index is -0.335. The van der Waals surface area contributed by atoms with Crippen LogP contribution in [0.4, 0.5) is 14.9 Å². The van der Waals surface area contributed by atoms with Crippen molar-refractivity contribution in [1.82, 2.24) is 14.7 Å². The third kappa shape index (κ3) is 4.70. The molecule has 2 heterocycles. The smallest absolute Gasteiger partial charge is 0.320 e. The lowest BCUT2D eigenvalue weighted by Gasteiger charge is -2.38. The van der Waals surface area contributed by atoms with Crippen LogP contribution in [0, 0.1) is 12.7 Å². The Balaban J connectivity index is 1.43. The van der Waals surface area contributed by atoms with Gasteiger partial charge in [-0.1, -0.05) is 6.07 Å². The van der Waals surface area contributed by atoms with Gasteiger partial charge in [-0.15, -0.1) is 0 Å². The molecule has 0 saturated carbocycles. The largest absolute Gasteiger partial charge is 0.378 e. The highest BCUT2D eigenvalue weighted by atomic mass is 19.1. The molecule has 0 spiro atoms. The fraction of sp³-hybridized carbons (Fsp3) is 0.556. The highest BCUT2D eigenvalue weighted by molar-refractivity contribution is 5.92. The third-order valence-corrected chi connectivity index (χ3v) is 4.75. The summed E-state index contributed by atoms with van der Waals surface area (Å²) in [6, 6.07) is 4.70. The van der Waals surface area contributed by atoms with Gasteiger partial charge in [-0.3, -0.25) is 9.69 Å². The molecule has 0 atom stereocenters. The molecular weight excluding hydrogens is 339 g/mol. The van der Waals surface area contributed by atoms with Crippen LogP contribution in [0.25, 0.3) is 0 Å². The van der Waals surface area contributed by atoms with Crippen molar-refractivity contribution >= 4 is 17.6 Å². The molecule has 1 N–H and O–H groups in total. The quantitative estimate of drug-likeness (QED) is 0.874. The summed E-state index contributed by atoms with van der Waals surface area (Å²) in [5.41, 5.74) is 1.00. The van der Waals surface area contributed by atoms with Crippen LogP contribution in [-0.2, 0) is 9.53 Å². The van der Waals surface area contributed by atoms with Crippen LogP contribution in [-0.4, -0.2) is 85.7 Å². The predicted molar refractivity (Wildman–Crippen MR) is 95.6 cm³/mol. The van der Waals surface area contributed by atoms with Gasteiger partial charge in [0.25, 0.3) is 0 Å². The maximum absolute atomic E-state index is 13.5. The zero-order valence-electron chi connectivity index (χ0n) is 15.0. The molecule has 8 heteroatoms. The summed E-state index contributed by atoms with van der Waals surface area (Å²) in [5.74, 6) is -0.515. The topological polar surface area (TPSA) is 65.1 Å². The number of hydrogen-bond donors (Lipinski definition) is 1. The molecule has 2 aliphatic heterocycles. The van der Waals surface area contributed by atoms with Crippen LogP contribution in [0.3, 0.4) is 0 Å². The van der Waals surface area contributed by atoms with Gasteiger partial charge in [0.1, 0.15) is 5.82 Å². The number of nitrogens with zero attached hydrogens (tertiary/aromatic N) is 3. The number of nitrogens with one attached hydrogen (secondary N) is 1. The van der Waals surface area contributed by atoms with Crippen molar-refractivity contribution in [2.45, 2.75) is 6.92 Å². The Morgan fingerprint density at radius 3 is 2.38 bits per heavy atom. The lowest BCUT2D eigenvalue weighted by atomic mass is 10.2. The molecule has 1 aromatic carbocycles. The Kier molecular flexibility index (Phi) is 6.05. The summed E-state index contributed by atoms with van der Waals surface area (Å²) in [6.07, 6.45) is 0. The summed E-state index contributed by atoms with van der Waals surface area (Å²) in [5, 5.41) is 2.72. The van der Waals surface area contributed by atoms with E-state index in [1.165, 1.54) is 6.07 Å². The summed E-state index contributed by atoms with van der Waals surface area (Å²) in [6.45, 7) is 6.84. The van der Waals surface area contributed by atoms with Crippen LogP contribution in [0.5, 0.6) is 0 Å². The number of benzene rings is 1. The number of carbonyl (C=O) groups excluding carboxylic acids is 2. The number of amides is 3. The molecule has 26 heavy (non-hydrogen) atoms. The van der Waals surface area contributed by atoms with Gasteiger partial charge in [-0.25, -0.2) is 9.18 Å². The maximum Gasteiger partial charge on any atom is 0.320 e. The first-order valence-electron chi connectivity index (χ1n) is 8.93. The lowest BCUT2D eigenvalue weighted by molar-refractivity contribution is -0.117. The van der Waals surface area contributed by atoms with Crippen molar-refractivity contribution in [1.29, 1.82) is 0 Å². The van der Waals surface area contributed by atoms with E-state index in [2.05, 4.69) is 5.32 Å². The Morgan fingerprint density at radius 1 is 1.08 bits per heavy atom. The van der Waals surface area contributed by atoms with Crippen molar-refractivity contribution in [2.24, 2.45) is 0 Å². The average molecular weight is 364 g/mol. The highest BCUT2D eigenvalue weighted by Gasteiger charge is 2.26. The molecule has 7 nitrogen and oxygen atoms in total. The first kappa shape index (κ1) is 18.6. The van der Waals surface area contributed by atoms with Gasteiger partial charge >= 0.3 is 6.03 Å². The number of ether oxygens (including phenoxy) is 1. The second-order valence-electron chi connectivity index (χ2n) is 6.66. The molecule has 0 aromatic heterocycles. The van der Waals surface area contributed by atoms with Crippen molar-refractivity contribution in [3.8, 4) is 0 Å². The number of anilines is 1. The number of piperazine rings is 1. The van der Waals surface area contributed by atoms with Crippen molar-refractivity contribution in [2.75, 3.05) is 64.3 Å². The Hall–Kier alpha value is -2.19. The molecule has 0 bridgehead atoms. The van der Waals surface area contributed by atoms with Crippen molar-refractivity contribution in [3.63, 3.8) is 0 Å². The molecule has 0 radical (unpaired) electrons. The molecule has 2 aliphatic rings. The zero-order chi connectivity index (χ0) is 18.5. The van der Waals surface area contributed by atoms with E-state index in [1.54, 1.807) is 19.1 Å². The predicted octanol–water partition coefficient (Wildman–Crippen LogP) is 1.14. The normalized spacial score (nSPS) is 18.7. The van der Waals surface area contributed by atoms with E-state index in [0.717, 1.165) is 0 Å². The molecular formula is C18H25FN4O3. The van der Waals surface area contributed by atoms with Crippen LogP contribution in [0.15, 0.2) is 18.2 Å². The Labute approximate surface area is 152 Å². The van der Waals surface area contributed by atoms with Crippen LogP contribution < -0.4 is 5.32 Å². The molecule has 0 unspecified atom stereocenters. The maximum atomic E-state index is 13.5. The van der Waals surface area contributed by atoms with E-state index in [9.17, 15) is 14.0 Å². The number of carbonyl (C=O) groups is 2.